The fourth-order valence-electron chi connectivity index (χ4n) is 3.06. The molecule has 0 bridgehead atoms. The van der Waals surface area contributed by atoms with E-state index in [2.05, 4.69) is 58.2 Å². The van der Waals surface area contributed by atoms with Gasteiger partial charge in [0.2, 0.25) is 0 Å². The second-order valence-electron chi connectivity index (χ2n) is 5.60. The number of ether oxygens (including phenoxy) is 1. The molecule has 0 aliphatic rings. The molecule has 24 heavy (non-hydrogen) atoms. The summed E-state index contributed by atoms with van der Waals surface area (Å²) in [6.45, 7) is 2.67. The van der Waals surface area contributed by atoms with Crippen molar-refractivity contribution in [1.82, 2.24) is 9.55 Å². The van der Waals surface area contributed by atoms with Crippen molar-refractivity contribution in [2.24, 2.45) is 0 Å². The molecule has 2 aromatic carbocycles. The molecule has 118 valence electrons. The molecule has 0 saturated carbocycles. The summed E-state index contributed by atoms with van der Waals surface area (Å²) in [7, 11) is 0. The second kappa shape index (κ2) is 6.20. The number of fused-ring (bicyclic) bond motifs is 1. The fourth-order valence-corrected chi connectivity index (χ4v) is 3.06. The third-order valence-electron chi connectivity index (χ3n) is 4.11. The lowest BCUT2D eigenvalue weighted by Gasteiger charge is -2.09. The quantitative estimate of drug-likeness (QED) is 0.524. The van der Waals surface area contributed by atoms with Crippen LogP contribution in [0.15, 0.2) is 79.3 Å². The summed E-state index contributed by atoms with van der Waals surface area (Å²) < 4.78 is 7.81. The van der Waals surface area contributed by atoms with Crippen molar-refractivity contribution in [2.75, 3.05) is 6.61 Å². The van der Waals surface area contributed by atoms with Crippen molar-refractivity contribution >= 4 is 10.9 Å². The molecule has 0 saturated heterocycles. The topological polar surface area (TPSA) is 27.1 Å². The van der Waals surface area contributed by atoms with E-state index in [1.54, 1.807) is 6.20 Å². The number of hydrogen-bond acceptors (Lipinski definition) is 2. The van der Waals surface area contributed by atoms with Crippen LogP contribution in [0.2, 0.25) is 0 Å². The first-order valence-electron chi connectivity index (χ1n) is 8.10. The van der Waals surface area contributed by atoms with Crippen molar-refractivity contribution in [3.63, 3.8) is 0 Å². The fraction of sp³-hybridized carbons (Fsp3) is 0.0952. The lowest BCUT2D eigenvalue weighted by molar-refractivity contribution is 0.340. The summed E-state index contributed by atoms with van der Waals surface area (Å²) >= 11 is 0. The minimum absolute atomic E-state index is 0.672. The molecule has 0 aliphatic carbocycles. The maximum Gasteiger partial charge on any atom is 0.119 e. The van der Waals surface area contributed by atoms with Crippen LogP contribution >= 0.6 is 0 Å². The highest BCUT2D eigenvalue weighted by Gasteiger charge is 2.09. The largest absolute Gasteiger partial charge is 0.494 e. The van der Waals surface area contributed by atoms with Crippen molar-refractivity contribution in [1.29, 1.82) is 0 Å². The lowest BCUT2D eigenvalue weighted by atomic mass is 10.0. The molecule has 0 spiro atoms. The summed E-state index contributed by atoms with van der Waals surface area (Å²) in [5.41, 5.74) is 4.60. The first-order valence-corrected chi connectivity index (χ1v) is 8.10. The smallest absolute Gasteiger partial charge is 0.119 e. The Bertz CT molecular complexity index is 973. The van der Waals surface area contributed by atoms with Gasteiger partial charge in [-0.1, -0.05) is 24.3 Å². The maximum absolute atomic E-state index is 5.64. The monoisotopic (exact) mass is 314 g/mol. The lowest BCUT2D eigenvalue weighted by Crippen LogP contribution is -1.93. The highest BCUT2D eigenvalue weighted by molar-refractivity contribution is 5.96. The van der Waals surface area contributed by atoms with Gasteiger partial charge < -0.3 is 9.30 Å². The van der Waals surface area contributed by atoms with Crippen LogP contribution in [0, 0.1) is 0 Å². The number of benzene rings is 2. The van der Waals surface area contributed by atoms with Crippen molar-refractivity contribution in [3.8, 4) is 22.6 Å². The van der Waals surface area contributed by atoms with Gasteiger partial charge in [0.1, 0.15) is 5.75 Å². The highest BCUT2D eigenvalue weighted by atomic mass is 16.5. The van der Waals surface area contributed by atoms with Gasteiger partial charge >= 0.3 is 0 Å². The Kier molecular flexibility index (Phi) is 3.75. The molecular weight excluding hydrogens is 296 g/mol. The predicted octanol–water partition coefficient (Wildman–Crippen LogP) is 5.09. The van der Waals surface area contributed by atoms with E-state index in [0.29, 0.717) is 6.61 Å². The van der Waals surface area contributed by atoms with Crippen LogP contribution in [0.3, 0.4) is 0 Å². The Balaban J connectivity index is 1.86. The van der Waals surface area contributed by atoms with Gasteiger partial charge in [0.05, 0.1) is 24.0 Å². The Morgan fingerprint density at radius 3 is 2.75 bits per heavy atom. The van der Waals surface area contributed by atoms with Gasteiger partial charge in [-0.25, -0.2) is 0 Å². The minimum Gasteiger partial charge on any atom is -0.494 e. The first-order chi connectivity index (χ1) is 11.9. The van der Waals surface area contributed by atoms with Gasteiger partial charge in [0.25, 0.3) is 0 Å². The number of nitrogens with zero attached hydrogens (tertiary/aromatic N) is 2. The normalized spacial score (nSPS) is 10.9. The van der Waals surface area contributed by atoms with Crippen LogP contribution in [0.5, 0.6) is 5.75 Å². The standard InChI is InChI=1S/C21H18N2O/c1-2-24-18-8-3-6-16(14-18)19-9-4-10-21-20(19)11-13-23(21)17-7-5-12-22-15-17/h3-15H,2H2,1H3. The molecule has 3 heteroatoms. The molecule has 4 aromatic rings. The summed E-state index contributed by atoms with van der Waals surface area (Å²) in [6, 6.07) is 20.8. The van der Waals surface area contributed by atoms with E-state index in [0.717, 1.165) is 17.0 Å². The van der Waals surface area contributed by atoms with Gasteiger partial charge in [-0.2, -0.15) is 0 Å². The van der Waals surface area contributed by atoms with Gasteiger partial charge in [-0.15, -0.1) is 0 Å². The van der Waals surface area contributed by atoms with E-state index < -0.39 is 0 Å². The zero-order valence-electron chi connectivity index (χ0n) is 13.5. The SMILES string of the molecule is CCOc1cccc(-c2cccc3c2ccn3-c2cccnc2)c1. The molecule has 3 nitrogen and oxygen atoms in total. The highest BCUT2D eigenvalue weighted by Crippen LogP contribution is 2.32. The molecule has 2 aromatic heterocycles. The first kappa shape index (κ1) is 14.5. The Hall–Kier alpha value is -3.07. The third-order valence-corrected chi connectivity index (χ3v) is 4.11. The number of aromatic nitrogens is 2. The number of pyridine rings is 1. The zero-order valence-corrected chi connectivity index (χ0v) is 13.5. The average Bonchev–Trinajstić information content (AvgIpc) is 3.07. The minimum atomic E-state index is 0.672. The number of rotatable bonds is 4. The molecular formula is C21H18N2O. The van der Waals surface area contributed by atoms with E-state index in [-0.39, 0.29) is 0 Å². The summed E-state index contributed by atoms with van der Waals surface area (Å²) in [4.78, 5) is 4.22. The van der Waals surface area contributed by atoms with Crippen LogP contribution in [0.4, 0.5) is 0 Å². The Labute approximate surface area is 141 Å². The van der Waals surface area contributed by atoms with Gasteiger partial charge in [-0.3, -0.25) is 4.98 Å². The molecule has 2 heterocycles. The molecule has 0 amide bonds. The second-order valence-corrected chi connectivity index (χ2v) is 5.60. The van der Waals surface area contributed by atoms with Gasteiger partial charge in [0.15, 0.2) is 0 Å². The van der Waals surface area contributed by atoms with Crippen LogP contribution in [-0.4, -0.2) is 16.2 Å². The van der Waals surface area contributed by atoms with Crippen LogP contribution in [-0.2, 0) is 0 Å². The maximum atomic E-state index is 5.64. The van der Waals surface area contributed by atoms with Crippen LogP contribution in [0.25, 0.3) is 27.7 Å². The van der Waals surface area contributed by atoms with E-state index in [4.69, 9.17) is 4.74 Å². The average molecular weight is 314 g/mol. The summed E-state index contributed by atoms with van der Waals surface area (Å²) in [6.07, 6.45) is 5.76. The van der Waals surface area contributed by atoms with Crippen LogP contribution in [0.1, 0.15) is 6.92 Å². The third kappa shape index (κ3) is 2.54. The molecule has 0 atom stereocenters. The summed E-state index contributed by atoms with van der Waals surface area (Å²) in [5, 5.41) is 1.22. The van der Waals surface area contributed by atoms with Crippen molar-refractivity contribution < 1.29 is 4.74 Å². The van der Waals surface area contributed by atoms with Gasteiger partial charge in [-0.05, 0) is 54.4 Å². The van der Waals surface area contributed by atoms with Crippen molar-refractivity contribution in [3.05, 3.63) is 79.3 Å². The van der Waals surface area contributed by atoms with E-state index in [1.807, 2.05) is 31.3 Å². The molecule has 0 fully saturated rings. The summed E-state index contributed by atoms with van der Waals surface area (Å²) in [5.74, 6) is 0.902. The zero-order chi connectivity index (χ0) is 16.4. The number of hydrogen-bond donors (Lipinski definition) is 0. The molecule has 0 radical (unpaired) electrons. The van der Waals surface area contributed by atoms with Crippen LogP contribution < -0.4 is 4.74 Å². The van der Waals surface area contributed by atoms with Crippen molar-refractivity contribution in [2.45, 2.75) is 6.92 Å². The predicted molar refractivity (Wildman–Crippen MR) is 97.7 cm³/mol. The van der Waals surface area contributed by atoms with E-state index in [1.165, 1.54) is 16.5 Å². The molecule has 4 rings (SSSR count). The van der Waals surface area contributed by atoms with E-state index in [9.17, 15) is 0 Å². The Morgan fingerprint density at radius 1 is 1.00 bits per heavy atom. The molecule has 0 unspecified atom stereocenters. The van der Waals surface area contributed by atoms with E-state index >= 15 is 0 Å². The molecule has 0 N–H and O–H groups in total. The Morgan fingerprint density at radius 2 is 1.92 bits per heavy atom. The molecule has 0 aliphatic heterocycles. The van der Waals surface area contributed by atoms with Gasteiger partial charge in [0, 0.05) is 17.8 Å².